The molecule has 40 heavy (non-hydrogen) atoms. The third-order valence-corrected chi connectivity index (χ3v) is 8.95. The van der Waals surface area contributed by atoms with Gasteiger partial charge in [-0.3, -0.25) is 28.5 Å². The SMILES string of the molecule is CC(=O)OC[C@H]1O[C@@H](Sc2nc3sc4c(c3c(=O)n2C)CCCCC4)[C@H](OC(C)=O)[C@@H](OC(C)=O)[C@@H]1OC(C)=O. The van der Waals surface area contributed by atoms with Gasteiger partial charge in [-0.25, -0.2) is 4.98 Å². The molecule has 0 saturated carbocycles. The quantitative estimate of drug-likeness (QED) is 0.200. The summed E-state index contributed by atoms with van der Waals surface area (Å²) >= 11 is 2.50. The van der Waals surface area contributed by atoms with Crippen LogP contribution < -0.4 is 5.56 Å². The normalized spacial score (nSPS) is 24.5. The summed E-state index contributed by atoms with van der Waals surface area (Å²) in [6, 6.07) is 0. The van der Waals surface area contributed by atoms with Gasteiger partial charge >= 0.3 is 23.9 Å². The number of nitrogens with zero attached hydrogens (tertiary/aromatic N) is 2. The highest BCUT2D eigenvalue weighted by Gasteiger charge is 2.52. The zero-order valence-electron chi connectivity index (χ0n) is 22.9. The maximum Gasteiger partial charge on any atom is 0.303 e. The van der Waals surface area contributed by atoms with Crippen molar-refractivity contribution in [2.24, 2.45) is 7.05 Å². The summed E-state index contributed by atoms with van der Waals surface area (Å²) in [5, 5.41) is 0.908. The Labute approximate surface area is 238 Å². The molecule has 218 valence electrons. The van der Waals surface area contributed by atoms with Crippen LogP contribution in [0.4, 0.5) is 0 Å². The average Bonchev–Trinajstić information content (AvgIpc) is 3.04. The van der Waals surface area contributed by atoms with Gasteiger partial charge in [0, 0.05) is 39.6 Å². The number of carbonyl (C=O) groups is 4. The molecule has 2 aromatic rings. The molecule has 3 heterocycles. The number of thiophene rings is 1. The Balaban J connectivity index is 1.76. The first-order chi connectivity index (χ1) is 19.0. The minimum absolute atomic E-state index is 0.197. The Kier molecular flexibility index (Phi) is 9.52. The summed E-state index contributed by atoms with van der Waals surface area (Å²) in [4.78, 5) is 67.8. The first-order valence-corrected chi connectivity index (χ1v) is 14.6. The summed E-state index contributed by atoms with van der Waals surface area (Å²) in [5.74, 6) is -2.73. The van der Waals surface area contributed by atoms with Crippen molar-refractivity contribution < 1.29 is 42.9 Å². The van der Waals surface area contributed by atoms with Crippen LogP contribution in [0.3, 0.4) is 0 Å². The molecule has 0 spiro atoms. The van der Waals surface area contributed by atoms with Gasteiger partial charge in [-0.1, -0.05) is 18.2 Å². The van der Waals surface area contributed by atoms with Crippen LogP contribution >= 0.6 is 23.1 Å². The van der Waals surface area contributed by atoms with Gasteiger partial charge in [0.2, 0.25) is 0 Å². The third kappa shape index (κ3) is 6.66. The maximum atomic E-state index is 13.5. The number of hydrogen-bond donors (Lipinski definition) is 0. The van der Waals surface area contributed by atoms with Crippen molar-refractivity contribution >= 4 is 57.2 Å². The minimum atomic E-state index is -1.30. The van der Waals surface area contributed by atoms with Crippen molar-refractivity contribution in [3.05, 3.63) is 20.8 Å². The molecular weight excluding hydrogens is 564 g/mol. The second-order valence-corrected chi connectivity index (χ2v) is 11.8. The molecule has 0 bridgehead atoms. The number of esters is 4. The molecule has 1 fully saturated rings. The standard InChI is InChI=1S/C26H32N2O10S2/c1-12(29)34-11-17-20(35-13(2)30)21(36-14(3)31)22(37-15(4)32)25(38-17)40-26-27-23-19(24(33)28(26)5)16-9-7-6-8-10-18(16)39-23/h17,20-22,25H,6-11H2,1-5H3/t17-,20-,21+,22-,25+/m1/s1. The molecule has 1 saturated heterocycles. The number of thioether (sulfide) groups is 1. The second kappa shape index (κ2) is 12.7. The van der Waals surface area contributed by atoms with Gasteiger partial charge in [-0.05, 0) is 31.2 Å². The van der Waals surface area contributed by atoms with E-state index in [0.29, 0.717) is 10.2 Å². The molecule has 4 rings (SSSR count). The van der Waals surface area contributed by atoms with Crippen molar-refractivity contribution in [3.8, 4) is 0 Å². The molecular formula is C26H32N2O10S2. The highest BCUT2D eigenvalue weighted by molar-refractivity contribution is 7.99. The lowest BCUT2D eigenvalue weighted by Crippen LogP contribution is -2.61. The van der Waals surface area contributed by atoms with Crippen molar-refractivity contribution in [2.75, 3.05) is 6.61 Å². The van der Waals surface area contributed by atoms with Crippen molar-refractivity contribution in [1.82, 2.24) is 9.55 Å². The van der Waals surface area contributed by atoms with E-state index in [4.69, 9.17) is 28.7 Å². The van der Waals surface area contributed by atoms with Crippen LogP contribution in [0.15, 0.2) is 9.95 Å². The van der Waals surface area contributed by atoms with E-state index in [9.17, 15) is 24.0 Å². The Morgan fingerprint density at radius 2 is 1.55 bits per heavy atom. The first kappa shape index (κ1) is 30.0. The molecule has 0 amide bonds. The summed E-state index contributed by atoms with van der Waals surface area (Å²) in [6.45, 7) is 4.37. The van der Waals surface area contributed by atoms with Gasteiger partial charge in [0.1, 0.15) is 17.5 Å². The smallest absolute Gasteiger partial charge is 0.303 e. The number of fused-ring (bicyclic) bond motifs is 3. The van der Waals surface area contributed by atoms with E-state index in [1.807, 2.05) is 0 Å². The number of rotatable bonds is 7. The third-order valence-electron chi connectivity index (χ3n) is 6.58. The van der Waals surface area contributed by atoms with E-state index in [-0.39, 0.29) is 17.3 Å². The number of aryl methyl sites for hydroxylation is 2. The Morgan fingerprint density at radius 1 is 0.925 bits per heavy atom. The molecule has 12 nitrogen and oxygen atoms in total. The largest absolute Gasteiger partial charge is 0.463 e. The number of hydrogen-bond acceptors (Lipinski definition) is 13. The van der Waals surface area contributed by atoms with E-state index >= 15 is 0 Å². The zero-order chi connectivity index (χ0) is 29.1. The maximum absolute atomic E-state index is 13.5. The fourth-order valence-electron chi connectivity index (χ4n) is 4.94. The van der Waals surface area contributed by atoms with E-state index in [2.05, 4.69) is 0 Å². The fourth-order valence-corrected chi connectivity index (χ4v) is 7.38. The highest BCUT2D eigenvalue weighted by atomic mass is 32.2. The first-order valence-electron chi connectivity index (χ1n) is 12.9. The average molecular weight is 597 g/mol. The van der Waals surface area contributed by atoms with Crippen LogP contribution in [0.5, 0.6) is 0 Å². The lowest BCUT2D eigenvalue weighted by Gasteiger charge is -2.44. The summed E-state index contributed by atoms with van der Waals surface area (Å²) in [5.41, 5.74) is -0.207. The number of ether oxygens (including phenoxy) is 5. The molecule has 14 heteroatoms. The number of aromatic nitrogens is 2. The van der Waals surface area contributed by atoms with Gasteiger partial charge in [0.15, 0.2) is 28.9 Å². The van der Waals surface area contributed by atoms with Crippen molar-refractivity contribution in [3.63, 3.8) is 0 Å². The van der Waals surface area contributed by atoms with E-state index in [0.717, 1.165) is 63.3 Å². The van der Waals surface area contributed by atoms with Crippen LogP contribution in [0.1, 0.15) is 57.4 Å². The molecule has 2 aliphatic rings. The minimum Gasteiger partial charge on any atom is -0.463 e. The van der Waals surface area contributed by atoms with Gasteiger partial charge in [-0.2, -0.15) is 0 Å². The molecule has 0 radical (unpaired) electrons. The van der Waals surface area contributed by atoms with Gasteiger partial charge in [0.05, 0.1) is 5.39 Å². The lowest BCUT2D eigenvalue weighted by atomic mass is 9.99. The van der Waals surface area contributed by atoms with Gasteiger partial charge in [0.25, 0.3) is 5.56 Å². The Morgan fingerprint density at radius 3 is 2.20 bits per heavy atom. The predicted molar refractivity (Wildman–Crippen MR) is 144 cm³/mol. The predicted octanol–water partition coefficient (Wildman–Crippen LogP) is 2.44. The van der Waals surface area contributed by atoms with Crippen LogP contribution in [-0.4, -0.2) is 69.9 Å². The van der Waals surface area contributed by atoms with Crippen molar-refractivity contribution in [2.45, 2.75) is 94.8 Å². The van der Waals surface area contributed by atoms with Crippen LogP contribution in [0.2, 0.25) is 0 Å². The fraction of sp³-hybridized carbons (Fsp3) is 0.615. The molecule has 2 aromatic heterocycles. The molecule has 0 aromatic carbocycles. The molecule has 1 aliphatic carbocycles. The van der Waals surface area contributed by atoms with E-state index in [1.165, 1.54) is 34.6 Å². The number of carbonyl (C=O) groups excluding carboxylic acids is 4. The van der Waals surface area contributed by atoms with E-state index < -0.39 is 53.7 Å². The van der Waals surface area contributed by atoms with Crippen LogP contribution in [0, 0.1) is 0 Å². The Hall–Kier alpha value is -2.97. The Bertz CT molecular complexity index is 1370. The zero-order valence-corrected chi connectivity index (χ0v) is 24.6. The summed E-state index contributed by atoms with van der Waals surface area (Å²) in [7, 11) is 1.60. The monoisotopic (exact) mass is 596 g/mol. The van der Waals surface area contributed by atoms with Crippen LogP contribution in [0.25, 0.3) is 10.2 Å². The topological polar surface area (TPSA) is 149 Å². The summed E-state index contributed by atoms with van der Waals surface area (Å²) < 4.78 is 29.2. The molecule has 5 atom stereocenters. The molecule has 0 N–H and O–H groups in total. The van der Waals surface area contributed by atoms with Crippen molar-refractivity contribution in [1.29, 1.82) is 0 Å². The van der Waals surface area contributed by atoms with E-state index in [1.54, 1.807) is 7.05 Å². The molecule has 1 aliphatic heterocycles. The van der Waals surface area contributed by atoms with Gasteiger partial charge < -0.3 is 23.7 Å². The highest BCUT2D eigenvalue weighted by Crippen LogP contribution is 2.39. The molecule has 0 unspecified atom stereocenters. The second-order valence-electron chi connectivity index (χ2n) is 9.69. The van der Waals surface area contributed by atoms with Gasteiger partial charge in [-0.15, -0.1) is 11.3 Å². The van der Waals surface area contributed by atoms with Crippen LogP contribution in [-0.2, 0) is 62.8 Å². The lowest BCUT2D eigenvalue weighted by molar-refractivity contribution is -0.237. The summed E-state index contributed by atoms with van der Waals surface area (Å²) in [6.07, 6.45) is 0.0466.